The van der Waals surface area contributed by atoms with Crippen molar-refractivity contribution in [2.75, 3.05) is 4.90 Å². The molecule has 2 aliphatic heterocycles. The summed E-state index contributed by atoms with van der Waals surface area (Å²) in [5, 5.41) is 3.89. The second kappa shape index (κ2) is 6.25. The Kier molecular flexibility index (Phi) is 3.73. The lowest BCUT2D eigenvalue weighted by atomic mass is 9.83. The maximum Gasteiger partial charge on any atom is 0.325 e. The van der Waals surface area contributed by atoms with Crippen LogP contribution in [0.2, 0.25) is 0 Å². The number of amides is 1. The molecule has 1 amide bonds. The van der Waals surface area contributed by atoms with Crippen LogP contribution in [-0.2, 0) is 4.84 Å². The van der Waals surface area contributed by atoms with Gasteiger partial charge >= 0.3 is 5.37 Å². The van der Waals surface area contributed by atoms with Gasteiger partial charge in [-0.05, 0) is 29.3 Å². The highest BCUT2D eigenvalue weighted by Crippen LogP contribution is 2.51. The van der Waals surface area contributed by atoms with E-state index in [0.29, 0.717) is 0 Å². The highest BCUT2D eigenvalue weighted by molar-refractivity contribution is 6.67. The Balaban J connectivity index is 1.78. The smallest absolute Gasteiger partial charge is 0.325 e. The number of nitrogens with zero attached hydrogens (tertiary/aromatic N) is 2. The number of halogens is 1. The fourth-order valence-corrected chi connectivity index (χ4v) is 4.15. The van der Waals surface area contributed by atoms with Crippen molar-refractivity contribution in [2.24, 2.45) is 5.16 Å². The molecule has 2 aliphatic rings. The molecule has 0 saturated heterocycles. The van der Waals surface area contributed by atoms with E-state index in [0.717, 1.165) is 33.8 Å². The molecule has 27 heavy (non-hydrogen) atoms. The zero-order valence-corrected chi connectivity index (χ0v) is 15.0. The van der Waals surface area contributed by atoms with Crippen LogP contribution in [0.15, 0.2) is 84.0 Å². The van der Waals surface area contributed by atoms with Gasteiger partial charge < -0.3 is 4.84 Å². The number of rotatable bonds is 1. The number of fused-ring (bicyclic) bond motifs is 5. The van der Waals surface area contributed by atoms with E-state index in [9.17, 15) is 4.79 Å². The Labute approximate surface area is 161 Å². The average Bonchev–Trinajstić information content (AvgIpc) is 3.09. The average molecular weight is 375 g/mol. The van der Waals surface area contributed by atoms with E-state index in [2.05, 4.69) is 5.16 Å². The molecular formula is C22H15ClN2O2. The maximum atomic E-state index is 12.4. The number of oxime groups is 1. The molecule has 0 aromatic heterocycles. The van der Waals surface area contributed by atoms with Gasteiger partial charge in [-0.2, -0.15) is 0 Å². The standard InChI is InChI=1S/C22H15ClN2O2/c23-22(26)25-17-12-6-4-10-15(17)19-20(14-8-2-1-3-9-14)24-27-21(19)16-11-5-7-13-18(16)25/h1-13,19,21H. The van der Waals surface area contributed by atoms with Crippen LogP contribution in [0.3, 0.4) is 0 Å². The third-order valence-electron chi connectivity index (χ3n) is 5.10. The molecule has 0 saturated carbocycles. The maximum absolute atomic E-state index is 12.4. The van der Waals surface area contributed by atoms with Gasteiger partial charge in [0.1, 0.15) is 0 Å². The van der Waals surface area contributed by atoms with Crippen LogP contribution < -0.4 is 4.90 Å². The summed E-state index contributed by atoms with van der Waals surface area (Å²) in [6.45, 7) is 0. The quantitative estimate of drug-likeness (QED) is 0.401. The Bertz CT molecular complexity index is 1060. The largest absolute Gasteiger partial charge is 0.386 e. The van der Waals surface area contributed by atoms with Gasteiger partial charge in [-0.1, -0.05) is 71.9 Å². The first kappa shape index (κ1) is 16.1. The van der Waals surface area contributed by atoms with E-state index in [1.54, 1.807) is 4.90 Å². The lowest BCUT2D eigenvalue weighted by Gasteiger charge is -2.22. The Morgan fingerprint density at radius 2 is 1.44 bits per heavy atom. The van der Waals surface area contributed by atoms with Gasteiger partial charge in [0, 0.05) is 11.1 Å². The third kappa shape index (κ3) is 2.45. The first-order chi connectivity index (χ1) is 13.3. The van der Waals surface area contributed by atoms with Crippen molar-refractivity contribution in [3.8, 4) is 0 Å². The summed E-state index contributed by atoms with van der Waals surface area (Å²) in [6.07, 6.45) is -0.321. The first-order valence-electron chi connectivity index (χ1n) is 8.72. The molecule has 0 aliphatic carbocycles. The number of anilines is 2. The number of hydrogen-bond donors (Lipinski definition) is 0. The molecule has 4 nitrogen and oxygen atoms in total. The molecular weight excluding hydrogens is 360 g/mol. The minimum absolute atomic E-state index is 0.134. The summed E-state index contributed by atoms with van der Waals surface area (Å²) in [4.78, 5) is 19.8. The van der Waals surface area contributed by atoms with Crippen molar-refractivity contribution >= 4 is 34.1 Å². The van der Waals surface area contributed by atoms with Gasteiger partial charge in [0.2, 0.25) is 0 Å². The summed E-state index contributed by atoms with van der Waals surface area (Å²) >= 11 is 6.01. The molecule has 0 N–H and O–H groups in total. The summed E-state index contributed by atoms with van der Waals surface area (Å²) < 4.78 is 0. The number of hydrogen-bond acceptors (Lipinski definition) is 3. The van der Waals surface area contributed by atoms with Gasteiger partial charge in [-0.25, -0.2) is 0 Å². The molecule has 5 heteroatoms. The minimum atomic E-state index is -0.548. The van der Waals surface area contributed by atoms with E-state index in [1.165, 1.54) is 0 Å². The van der Waals surface area contributed by atoms with E-state index in [4.69, 9.17) is 16.4 Å². The zero-order valence-electron chi connectivity index (χ0n) is 14.2. The predicted octanol–water partition coefficient (Wildman–Crippen LogP) is 5.76. The lowest BCUT2D eigenvalue weighted by molar-refractivity contribution is 0.0773. The molecule has 3 aromatic rings. The van der Waals surface area contributed by atoms with Gasteiger partial charge in [0.25, 0.3) is 0 Å². The molecule has 5 rings (SSSR count). The van der Waals surface area contributed by atoms with Gasteiger partial charge in [0.05, 0.1) is 23.0 Å². The van der Waals surface area contributed by atoms with Crippen molar-refractivity contribution in [2.45, 2.75) is 12.0 Å². The molecule has 2 heterocycles. The lowest BCUT2D eigenvalue weighted by Crippen LogP contribution is -2.21. The fraction of sp³-hybridized carbons (Fsp3) is 0.0909. The van der Waals surface area contributed by atoms with Crippen LogP contribution in [0, 0.1) is 0 Å². The van der Waals surface area contributed by atoms with Crippen molar-refractivity contribution < 1.29 is 9.63 Å². The summed E-state index contributed by atoms with van der Waals surface area (Å²) in [6, 6.07) is 25.5. The molecule has 0 bridgehead atoms. The molecule has 2 unspecified atom stereocenters. The van der Waals surface area contributed by atoms with Gasteiger partial charge in [-0.3, -0.25) is 9.69 Å². The van der Waals surface area contributed by atoms with E-state index in [-0.39, 0.29) is 12.0 Å². The summed E-state index contributed by atoms with van der Waals surface area (Å²) in [5.74, 6) is -0.134. The van der Waals surface area contributed by atoms with Crippen LogP contribution >= 0.6 is 11.6 Å². The van der Waals surface area contributed by atoms with Crippen molar-refractivity contribution in [1.29, 1.82) is 0 Å². The molecule has 3 aromatic carbocycles. The second-order valence-corrected chi connectivity index (χ2v) is 6.88. The molecule has 0 fully saturated rings. The van der Waals surface area contributed by atoms with Crippen LogP contribution in [0.5, 0.6) is 0 Å². The first-order valence-corrected chi connectivity index (χ1v) is 9.10. The SMILES string of the molecule is O=C(Cl)N1c2ccccc2C2ON=C(c3ccccc3)C2c2ccccc21. The van der Waals surface area contributed by atoms with Crippen LogP contribution in [0.25, 0.3) is 0 Å². The Morgan fingerprint density at radius 1 is 0.852 bits per heavy atom. The van der Waals surface area contributed by atoms with Crippen molar-refractivity contribution in [1.82, 2.24) is 0 Å². The summed E-state index contributed by atoms with van der Waals surface area (Å²) in [7, 11) is 0. The molecule has 2 atom stereocenters. The number of para-hydroxylation sites is 2. The number of benzene rings is 3. The highest BCUT2D eigenvalue weighted by Gasteiger charge is 2.43. The zero-order chi connectivity index (χ0) is 18.4. The number of carbonyl (C=O) groups is 1. The van der Waals surface area contributed by atoms with E-state index < -0.39 is 5.37 Å². The molecule has 132 valence electrons. The highest BCUT2D eigenvalue weighted by atomic mass is 35.5. The Hall–Kier alpha value is -3.11. The number of carbonyl (C=O) groups excluding carboxylic acids is 1. The van der Waals surface area contributed by atoms with Gasteiger partial charge in [0.15, 0.2) is 6.10 Å². The monoisotopic (exact) mass is 374 g/mol. The minimum Gasteiger partial charge on any atom is -0.386 e. The van der Waals surface area contributed by atoms with Crippen LogP contribution in [0.4, 0.5) is 16.2 Å². The predicted molar refractivity (Wildman–Crippen MR) is 106 cm³/mol. The second-order valence-electron chi connectivity index (χ2n) is 6.55. The summed E-state index contributed by atoms with van der Waals surface area (Å²) in [5.41, 5.74) is 5.19. The normalized spacial score (nSPS) is 19.9. The van der Waals surface area contributed by atoms with Crippen molar-refractivity contribution in [3.63, 3.8) is 0 Å². The van der Waals surface area contributed by atoms with Crippen LogP contribution in [-0.4, -0.2) is 11.1 Å². The third-order valence-corrected chi connectivity index (χ3v) is 5.27. The van der Waals surface area contributed by atoms with Gasteiger partial charge in [-0.15, -0.1) is 0 Å². The molecule has 0 spiro atoms. The van der Waals surface area contributed by atoms with Crippen molar-refractivity contribution in [3.05, 3.63) is 95.6 Å². The van der Waals surface area contributed by atoms with E-state index >= 15 is 0 Å². The molecule has 0 radical (unpaired) electrons. The topological polar surface area (TPSA) is 41.9 Å². The fourth-order valence-electron chi connectivity index (χ4n) is 3.97. The Morgan fingerprint density at radius 3 is 2.15 bits per heavy atom. The van der Waals surface area contributed by atoms with Crippen LogP contribution in [0.1, 0.15) is 28.7 Å². The van der Waals surface area contributed by atoms with E-state index in [1.807, 2.05) is 78.9 Å².